The van der Waals surface area contributed by atoms with Crippen LogP contribution in [0, 0.1) is 6.92 Å². The molecule has 0 aliphatic rings. The molecule has 3 N–H and O–H groups in total. The molecule has 0 saturated heterocycles. The lowest BCUT2D eigenvalue weighted by Gasteiger charge is -2.17. The number of ether oxygens (including phenoxy) is 1. The van der Waals surface area contributed by atoms with Gasteiger partial charge in [-0.15, -0.1) is 0 Å². The smallest absolute Gasteiger partial charge is 0.119 e. The number of hydrogen-bond acceptors (Lipinski definition) is 4. The van der Waals surface area contributed by atoms with Crippen molar-refractivity contribution in [2.24, 2.45) is 0 Å². The molecule has 4 nitrogen and oxygen atoms in total. The number of aliphatic hydroxyl groups is 2. The molecule has 0 aromatic heterocycles. The number of benzene rings is 1. The van der Waals surface area contributed by atoms with Gasteiger partial charge in [-0.05, 0) is 25.5 Å². The first-order valence-corrected chi connectivity index (χ1v) is 6.37. The van der Waals surface area contributed by atoms with E-state index < -0.39 is 6.10 Å². The molecular formula is C14H23NO3. The summed E-state index contributed by atoms with van der Waals surface area (Å²) in [6, 6.07) is 7.76. The Morgan fingerprint density at radius 1 is 1.28 bits per heavy atom. The standard InChI is InChI=1S/C14H23NO3/c1-3-12(9-16)15-8-13(17)10-18-14-6-4-11(2)5-7-14/h4-7,12-13,15-17H,3,8-10H2,1-2H3. The van der Waals surface area contributed by atoms with Gasteiger partial charge in [0.2, 0.25) is 0 Å². The van der Waals surface area contributed by atoms with Crippen LogP contribution in [0.1, 0.15) is 18.9 Å². The predicted molar refractivity (Wildman–Crippen MR) is 71.8 cm³/mol. The van der Waals surface area contributed by atoms with Crippen LogP contribution >= 0.6 is 0 Å². The Balaban J connectivity index is 2.24. The van der Waals surface area contributed by atoms with Gasteiger partial charge in [0.15, 0.2) is 0 Å². The van der Waals surface area contributed by atoms with Crippen molar-refractivity contribution in [3.05, 3.63) is 29.8 Å². The molecule has 4 heteroatoms. The van der Waals surface area contributed by atoms with Gasteiger partial charge in [0.25, 0.3) is 0 Å². The summed E-state index contributed by atoms with van der Waals surface area (Å²) in [6.45, 7) is 4.76. The van der Waals surface area contributed by atoms with Crippen LogP contribution in [0.15, 0.2) is 24.3 Å². The SMILES string of the molecule is CCC(CO)NCC(O)COc1ccc(C)cc1. The fourth-order valence-corrected chi connectivity index (χ4v) is 1.53. The van der Waals surface area contributed by atoms with E-state index in [0.717, 1.165) is 12.2 Å². The van der Waals surface area contributed by atoms with Crippen molar-refractivity contribution in [1.29, 1.82) is 0 Å². The van der Waals surface area contributed by atoms with Gasteiger partial charge in [0, 0.05) is 12.6 Å². The fraction of sp³-hybridized carbons (Fsp3) is 0.571. The molecule has 0 bridgehead atoms. The zero-order valence-electron chi connectivity index (χ0n) is 11.1. The largest absolute Gasteiger partial charge is 0.491 e. The highest BCUT2D eigenvalue weighted by Gasteiger charge is 2.09. The van der Waals surface area contributed by atoms with Crippen LogP contribution in [0.2, 0.25) is 0 Å². The second-order valence-electron chi connectivity index (χ2n) is 4.47. The first-order valence-electron chi connectivity index (χ1n) is 6.37. The van der Waals surface area contributed by atoms with Crippen LogP contribution < -0.4 is 10.1 Å². The second kappa shape index (κ2) is 8.08. The van der Waals surface area contributed by atoms with Crippen molar-refractivity contribution < 1.29 is 14.9 Å². The maximum absolute atomic E-state index is 9.74. The van der Waals surface area contributed by atoms with Crippen molar-refractivity contribution >= 4 is 0 Å². The number of aryl methyl sites for hydroxylation is 1. The Morgan fingerprint density at radius 3 is 2.50 bits per heavy atom. The molecule has 0 saturated carbocycles. The van der Waals surface area contributed by atoms with Crippen molar-refractivity contribution in [2.45, 2.75) is 32.4 Å². The van der Waals surface area contributed by atoms with Crippen LogP contribution in [0.3, 0.4) is 0 Å². The van der Waals surface area contributed by atoms with E-state index in [0.29, 0.717) is 6.54 Å². The van der Waals surface area contributed by atoms with Crippen LogP contribution in [0.25, 0.3) is 0 Å². The van der Waals surface area contributed by atoms with Crippen LogP contribution in [-0.4, -0.2) is 42.1 Å². The molecule has 102 valence electrons. The number of nitrogens with one attached hydrogen (secondary N) is 1. The molecule has 0 aliphatic heterocycles. The van der Waals surface area contributed by atoms with Gasteiger partial charge in [-0.25, -0.2) is 0 Å². The predicted octanol–water partition coefficient (Wildman–Crippen LogP) is 1.10. The minimum absolute atomic E-state index is 0.0408. The van der Waals surface area contributed by atoms with Gasteiger partial charge in [-0.1, -0.05) is 24.6 Å². The summed E-state index contributed by atoms with van der Waals surface area (Å²) in [5, 5.41) is 21.8. The molecular weight excluding hydrogens is 230 g/mol. The Morgan fingerprint density at radius 2 is 1.94 bits per heavy atom. The summed E-state index contributed by atoms with van der Waals surface area (Å²) < 4.78 is 5.47. The lowest BCUT2D eigenvalue weighted by Crippen LogP contribution is -2.39. The highest BCUT2D eigenvalue weighted by Crippen LogP contribution is 2.11. The van der Waals surface area contributed by atoms with Gasteiger partial charge < -0.3 is 20.3 Å². The molecule has 1 aromatic carbocycles. The minimum atomic E-state index is -0.577. The van der Waals surface area contributed by atoms with E-state index in [4.69, 9.17) is 9.84 Å². The summed E-state index contributed by atoms with van der Waals surface area (Å²) >= 11 is 0. The zero-order valence-corrected chi connectivity index (χ0v) is 11.1. The molecule has 0 aliphatic carbocycles. The molecule has 0 amide bonds. The van der Waals surface area contributed by atoms with Crippen molar-refractivity contribution in [3.8, 4) is 5.75 Å². The third kappa shape index (κ3) is 5.49. The van der Waals surface area contributed by atoms with Gasteiger partial charge in [-0.3, -0.25) is 0 Å². The van der Waals surface area contributed by atoms with Crippen LogP contribution in [-0.2, 0) is 0 Å². The summed E-state index contributed by atoms with van der Waals surface area (Å²) in [6.07, 6.45) is 0.258. The quantitative estimate of drug-likeness (QED) is 0.649. The molecule has 1 aromatic rings. The number of rotatable bonds is 8. The molecule has 0 fully saturated rings. The molecule has 18 heavy (non-hydrogen) atoms. The molecule has 0 radical (unpaired) electrons. The summed E-state index contributed by atoms with van der Waals surface area (Å²) in [5.41, 5.74) is 1.18. The van der Waals surface area contributed by atoms with Crippen molar-refractivity contribution in [1.82, 2.24) is 5.32 Å². The normalized spacial score (nSPS) is 14.2. The molecule has 1 rings (SSSR count). The summed E-state index contributed by atoms with van der Waals surface area (Å²) in [5.74, 6) is 0.758. The summed E-state index contributed by atoms with van der Waals surface area (Å²) in [4.78, 5) is 0. The molecule has 2 unspecified atom stereocenters. The van der Waals surface area contributed by atoms with E-state index in [1.807, 2.05) is 38.1 Å². The molecule has 0 spiro atoms. The maximum Gasteiger partial charge on any atom is 0.119 e. The zero-order chi connectivity index (χ0) is 13.4. The van der Waals surface area contributed by atoms with E-state index in [-0.39, 0.29) is 19.3 Å². The fourth-order valence-electron chi connectivity index (χ4n) is 1.53. The minimum Gasteiger partial charge on any atom is -0.491 e. The average molecular weight is 253 g/mol. The van der Waals surface area contributed by atoms with E-state index in [9.17, 15) is 5.11 Å². The maximum atomic E-state index is 9.74. The number of aliphatic hydroxyl groups excluding tert-OH is 2. The number of hydrogen-bond donors (Lipinski definition) is 3. The van der Waals surface area contributed by atoms with Crippen molar-refractivity contribution in [2.75, 3.05) is 19.8 Å². The van der Waals surface area contributed by atoms with E-state index in [1.165, 1.54) is 5.56 Å². The highest BCUT2D eigenvalue weighted by atomic mass is 16.5. The summed E-state index contributed by atoms with van der Waals surface area (Å²) in [7, 11) is 0. The van der Waals surface area contributed by atoms with E-state index in [2.05, 4.69) is 5.32 Å². The van der Waals surface area contributed by atoms with Gasteiger partial charge in [0.05, 0.1) is 6.61 Å². The lowest BCUT2D eigenvalue weighted by atomic mass is 10.2. The molecule has 0 heterocycles. The first kappa shape index (κ1) is 15.0. The van der Waals surface area contributed by atoms with Gasteiger partial charge >= 0.3 is 0 Å². The first-order chi connectivity index (χ1) is 8.65. The Labute approximate surface area is 109 Å². The van der Waals surface area contributed by atoms with Gasteiger partial charge in [-0.2, -0.15) is 0 Å². The molecule has 2 atom stereocenters. The van der Waals surface area contributed by atoms with Crippen LogP contribution in [0.5, 0.6) is 5.75 Å². The average Bonchev–Trinajstić information content (AvgIpc) is 2.39. The Hall–Kier alpha value is -1.10. The Bertz CT molecular complexity index is 322. The Kier molecular flexibility index (Phi) is 6.72. The van der Waals surface area contributed by atoms with Crippen molar-refractivity contribution in [3.63, 3.8) is 0 Å². The van der Waals surface area contributed by atoms with E-state index >= 15 is 0 Å². The third-order valence-electron chi connectivity index (χ3n) is 2.82. The second-order valence-corrected chi connectivity index (χ2v) is 4.47. The third-order valence-corrected chi connectivity index (χ3v) is 2.82. The lowest BCUT2D eigenvalue weighted by molar-refractivity contribution is 0.0995. The van der Waals surface area contributed by atoms with E-state index in [1.54, 1.807) is 0 Å². The highest BCUT2D eigenvalue weighted by molar-refractivity contribution is 5.26. The van der Waals surface area contributed by atoms with Gasteiger partial charge in [0.1, 0.15) is 18.5 Å². The monoisotopic (exact) mass is 253 g/mol. The topological polar surface area (TPSA) is 61.7 Å². The van der Waals surface area contributed by atoms with Crippen LogP contribution in [0.4, 0.5) is 0 Å².